The molecule has 0 amide bonds. The van der Waals surface area contributed by atoms with Gasteiger partial charge in [0.2, 0.25) is 0 Å². The van der Waals surface area contributed by atoms with Gasteiger partial charge in [0.1, 0.15) is 11.5 Å². The predicted octanol–water partition coefficient (Wildman–Crippen LogP) is 1.42. The lowest BCUT2D eigenvalue weighted by Crippen LogP contribution is -2.53. The van der Waals surface area contributed by atoms with E-state index in [1.807, 2.05) is 19.1 Å². The average Bonchev–Trinajstić information content (AvgIpc) is 2.51. The lowest BCUT2D eigenvalue weighted by atomic mass is 9.83. The average molecular weight is 210 g/mol. The Morgan fingerprint density at radius 3 is 2.67 bits per heavy atom. The molecule has 1 saturated heterocycles. The SMILES string of the molecule is CCOC(=O)C1(c2ccc(C)o2)COC1. The van der Waals surface area contributed by atoms with Crippen LogP contribution in [0.5, 0.6) is 0 Å². The fourth-order valence-electron chi connectivity index (χ4n) is 1.63. The Labute approximate surface area is 88.2 Å². The summed E-state index contributed by atoms with van der Waals surface area (Å²) in [5, 5.41) is 0. The Hall–Kier alpha value is -1.29. The first-order valence-electron chi connectivity index (χ1n) is 5.01. The Kier molecular flexibility index (Phi) is 2.52. The molecule has 0 atom stereocenters. The van der Waals surface area contributed by atoms with E-state index in [1.54, 1.807) is 6.92 Å². The van der Waals surface area contributed by atoms with E-state index >= 15 is 0 Å². The molecule has 4 nitrogen and oxygen atoms in total. The van der Waals surface area contributed by atoms with Crippen LogP contribution in [-0.4, -0.2) is 25.8 Å². The van der Waals surface area contributed by atoms with Gasteiger partial charge in [-0.3, -0.25) is 4.79 Å². The van der Waals surface area contributed by atoms with Crippen LogP contribution in [0.15, 0.2) is 16.5 Å². The molecule has 1 aromatic rings. The number of ether oxygens (including phenoxy) is 2. The number of furan rings is 1. The molecule has 15 heavy (non-hydrogen) atoms. The lowest BCUT2D eigenvalue weighted by Gasteiger charge is -2.36. The van der Waals surface area contributed by atoms with Gasteiger partial charge in [0.15, 0.2) is 5.41 Å². The Balaban J connectivity index is 2.25. The number of esters is 1. The van der Waals surface area contributed by atoms with Crippen LogP contribution in [0.4, 0.5) is 0 Å². The van der Waals surface area contributed by atoms with Gasteiger partial charge in [0.05, 0.1) is 19.8 Å². The van der Waals surface area contributed by atoms with Gasteiger partial charge in [0, 0.05) is 0 Å². The van der Waals surface area contributed by atoms with E-state index in [0.717, 1.165) is 5.76 Å². The molecule has 0 spiro atoms. The van der Waals surface area contributed by atoms with Crippen molar-refractivity contribution in [3.63, 3.8) is 0 Å². The number of carbonyl (C=O) groups excluding carboxylic acids is 1. The summed E-state index contributed by atoms with van der Waals surface area (Å²) in [4.78, 5) is 11.8. The van der Waals surface area contributed by atoms with Crippen molar-refractivity contribution in [3.05, 3.63) is 23.7 Å². The van der Waals surface area contributed by atoms with E-state index in [4.69, 9.17) is 13.9 Å². The molecule has 0 aliphatic carbocycles. The first kappa shape index (κ1) is 10.2. The highest BCUT2D eigenvalue weighted by atomic mass is 16.6. The molecule has 1 aliphatic rings. The topological polar surface area (TPSA) is 48.7 Å². The van der Waals surface area contributed by atoms with Crippen LogP contribution in [0.25, 0.3) is 0 Å². The summed E-state index contributed by atoms with van der Waals surface area (Å²) in [6, 6.07) is 3.66. The van der Waals surface area contributed by atoms with E-state index in [2.05, 4.69) is 0 Å². The molecular formula is C11H14O4. The highest BCUT2D eigenvalue weighted by Crippen LogP contribution is 2.34. The highest BCUT2D eigenvalue weighted by molar-refractivity contribution is 5.83. The molecule has 2 rings (SSSR count). The van der Waals surface area contributed by atoms with Crippen LogP contribution in [-0.2, 0) is 19.7 Å². The molecule has 0 aromatic carbocycles. The maximum Gasteiger partial charge on any atom is 0.324 e. The summed E-state index contributed by atoms with van der Waals surface area (Å²) in [5.74, 6) is 1.18. The van der Waals surface area contributed by atoms with Crippen molar-refractivity contribution in [2.75, 3.05) is 19.8 Å². The van der Waals surface area contributed by atoms with Crippen LogP contribution in [0.3, 0.4) is 0 Å². The minimum absolute atomic E-state index is 0.259. The van der Waals surface area contributed by atoms with Gasteiger partial charge in [-0.25, -0.2) is 0 Å². The monoisotopic (exact) mass is 210 g/mol. The van der Waals surface area contributed by atoms with Crippen LogP contribution >= 0.6 is 0 Å². The molecule has 1 fully saturated rings. The first-order valence-corrected chi connectivity index (χ1v) is 5.01. The zero-order chi connectivity index (χ0) is 10.9. The molecule has 0 radical (unpaired) electrons. The Morgan fingerprint density at radius 1 is 1.53 bits per heavy atom. The maximum absolute atomic E-state index is 11.8. The third kappa shape index (κ3) is 1.55. The highest BCUT2D eigenvalue weighted by Gasteiger charge is 2.51. The number of carbonyl (C=O) groups is 1. The molecule has 82 valence electrons. The van der Waals surface area contributed by atoms with Crippen LogP contribution in [0.2, 0.25) is 0 Å². The zero-order valence-electron chi connectivity index (χ0n) is 8.91. The van der Waals surface area contributed by atoms with Gasteiger partial charge < -0.3 is 13.9 Å². The summed E-state index contributed by atoms with van der Waals surface area (Å²) in [6.07, 6.45) is 0. The van der Waals surface area contributed by atoms with Crippen LogP contribution < -0.4 is 0 Å². The van der Waals surface area contributed by atoms with E-state index < -0.39 is 5.41 Å². The second kappa shape index (κ2) is 3.70. The number of aryl methyl sites for hydroxylation is 1. The van der Waals surface area contributed by atoms with E-state index in [1.165, 1.54) is 0 Å². The maximum atomic E-state index is 11.8. The smallest absolute Gasteiger partial charge is 0.324 e. The van der Waals surface area contributed by atoms with Crippen molar-refractivity contribution in [3.8, 4) is 0 Å². The quantitative estimate of drug-likeness (QED) is 0.708. The van der Waals surface area contributed by atoms with E-state index in [9.17, 15) is 4.79 Å². The van der Waals surface area contributed by atoms with Gasteiger partial charge in [-0.15, -0.1) is 0 Å². The molecule has 1 aliphatic heterocycles. The van der Waals surface area contributed by atoms with Crippen molar-refractivity contribution >= 4 is 5.97 Å². The summed E-state index contributed by atoms with van der Waals surface area (Å²) >= 11 is 0. The summed E-state index contributed by atoms with van der Waals surface area (Å²) in [6.45, 7) is 4.71. The van der Waals surface area contributed by atoms with Crippen molar-refractivity contribution in [2.24, 2.45) is 0 Å². The first-order chi connectivity index (χ1) is 7.19. The Morgan fingerprint density at radius 2 is 2.27 bits per heavy atom. The largest absolute Gasteiger partial charge is 0.465 e. The van der Waals surface area contributed by atoms with Crippen molar-refractivity contribution in [1.82, 2.24) is 0 Å². The summed E-state index contributed by atoms with van der Waals surface area (Å²) < 4.78 is 15.6. The van der Waals surface area contributed by atoms with E-state index in [-0.39, 0.29) is 5.97 Å². The van der Waals surface area contributed by atoms with Crippen molar-refractivity contribution < 1.29 is 18.7 Å². The number of rotatable bonds is 3. The molecule has 1 aromatic heterocycles. The van der Waals surface area contributed by atoms with Gasteiger partial charge in [-0.1, -0.05) is 0 Å². The van der Waals surface area contributed by atoms with E-state index in [0.29, 0.717) is 25.6 Å². The fraction of sp³-hybridized carbons (Fsp3) is 0.545. The molecule has 0 bridgehead atoms. The van der Waals surface area contributed by atoms with Crippen molar-refractivity contribution in [2.45, 2.75) is 19.3 Å². The number of hydrogen-bond acceptors (Lipinski definition) is 4. The second-order valence-electron chi connectivity index (χ2n) is 3.71. The summed E-state index contributed by atoms with van der Waals surface area (Å²) in [5.41, 5.74) is -0.704. The van der Waals surface area contributed by atoms with Gasteiger partial charge in [-0.2, -0.15) is 0 Å². The van der Waals surface area contributed by atoms with Gasteiger partial charge in [-0.05, 0) is 26.0 Å². The minimum atomic E-state index is -0.704. The molecule has 4 heteroatoms. The third-order valence-corrected chi connectivity index (χ3v) is 2.58. The zero-order valence-corrected chi connectivity index (χ0v) is 8.91. The molecule has 2 heterocycles. The lowest BCUT2D eigenvalue weighted by molar-refractivity contribution is -0.171. The van der Waals surface area contributed by atoms with Crippen LogP contribution in [0, 0.1) is 6.92 Å². The number of hydrogen-bond donors (Lipinski definition) is 0. The summed E-state index contributed by atoms with van der Waals surface area (Å²) in [7, 11) is 0. The normalized spacial score (nSPS) is 18.3. The predicted molar refractivity (Wildman–Crippen MR) is 52.6 cm³/mol. The van der Waals surface area contributed by atoms with Gasteiger partial charge >= 0.3 is 5.97 Å². The van der Waals surface area contributed by atoms with Gasteiger partial charge in [0.25, 0.3) is 0 Å². The standard InChI is InChI=1S/C11H14O4/c1-3-14-10(12)11(6-13-7-11)9-5-4-8(2)15-9/h4-5H,3,6-7H2,1-2H3. The van der Waals surface area contributed by atoms with Crippen molar-refractivity contribution in [1.29, 1.82) is 0 Å². The Bertz CT molecular complexity index is 362. The third-order valence-electron chi connectivity index (χ3n) is 2.58. The molecule has 0 unspecified atom stereocenters. The molecule has 0 saturated carbocycles. The minimum Gasteiger partial charge on any atom is -0.465 e. The fourth-order valence-corrected chi connectivity index (χ4v) is 1.63. The molecular weight excluding hydrogens is 196 g/mol. The second-order valence-corrected chi connectivity index (χ2v) is 3.71. The molecule has 0 N–H and O–H groups in total. The van der Waals surface area contributed by atoms with Crippen LogP contribution in [0.1, 0.15) is 18.4 Å².